The summed E-state index contributed by atoms with van der Waals surface area (Å²) < 4.78 is 0. The molecule has 0 bridgehead atoms. The van der Waals surface area contributed by atoms with Crippen molar-refractivity contribution in [3.63, 3.8) is 0 Å². The lowest BCUT2D eigenvalue weighted by Gasteiger charge is -2.34. The number of benzene rings is 1. The molecule has 6 nitrogen and oxygen atoms in total. The molecular formula is C19H22N4O2. The van der Waals surface area contributed by atoms with Crippen LogP contribution in [0.1, 0.15) is 5.56 Å². The Morgan fingerprint density at radius 3 is 2.56 bits per heavy atom. The third-order valence-corrected chi connectivity index (χ3v) is 4.28. The molecule has 0 atom stereocenters. The van der Waals surface area contributed by atoms with Gasteiger partial charge in [0.15, 0.2) is 0 Å². The van der Waals surface area contributed by atoms with Gasteiger partial charge in [0.25, 0.3) is 0 Å². The average molecular weight is 338 g/mol. The smallest absolute Gasteiger partial charge is 0.328 e. The van der Waals surface area contributed by atoms with Gasteiger partial charge in [0, 0.05) is 55.4 Å². The van der Waals surface area contributed by atoms with Crippen molar-refractivity contribution >= 4 is 29.1 Å². The standard InChI is InChI=1S/C19H22N4O2/c1-22-10-12-23(13-11-22)17-5-3-16(4-6-17)21-18-14-20-9-8-15(18)2-7-19(24)25/h2-9,14,21H,10-13H2,1H3,(H,24,25)/b7-2+. The number of carboxylic acid groups (broad SMARTS) is 1. The van der Waals surface area contributed by atoms with E-state index in [-0.39, 0.29) is 0 Å². The van der Waals surface area contributed by atoms with Gasteiger partial charge in [-0.1, -0.05) is 0 Å². The van der Waals surface area contributed by atoms with Crippen molar-refractivity contribution in [1.82, 2.24) is 9.88 Å². The Kier molecular flexibility index (Phi) is 5.30. The van der Waals surface area contributed by atoms with E-state index in [2.05, 4.69) is 39.3 Å². The van der Waals surface area contributed by atoms with Crippen LogP contribution in [0, 0.1) is 0 Å². The zero-order valence-corrected chi connectivity index (χ0v) is 14.2. The summed E-state index contributed by atoms with van der Waals surface area (Å²) >= 11 is 0. The number of rotatable bonds is 5. The van der Waals surface area contributed by atoms with Crippen LogP contribution in [0.3, 0.4) is 0 Å². The van der Waals surface area contributed by atoms with Crippen molar-refractivity contribution in [1.29, 1.82) is 0 Å². The van der Waals surface area contributed by atoms with Crippen LogP contribution in [0.25, 0.3) is 6.08 Å². The van der Waals surface area contributed by atoms with Gasteiger partial charge in [-0.25, -0.2) is 4.79 Å². The summed E-state index contributed by atoms with van der Waals surface area (Å²) in [4.78, 5) is 19.5. The molecule has 0 saturated carbocycles. The second-order valence-electron chi connectivity index (χ2n) is 6.10. The van der Waals surface area contributed by atoms with Crippen LogP contribution in [0.4, 0.5) is 17.1 Å². The van der Waals surface area contributed by atoms with Crippen molar-refractivity contribution in [3.05, 3.63) is 54.4 Å². The van der Waals surface area contributed by atoms with E-state index in [1.165, 1.54) is 5.69 Å². The first-order valence-electron chi connectivity index (χ1n) is 8.27. The molecule has 0 aliphatic carbocycles. The molecule has 0 spiro atoms. The molecule has 6 heteroatoms. The topological polar surface area (TPSA) is 68.7 Å². The normalized spacial score (nSPS) is 15.5. The summed E-state index contributed by atoms with van der Waals surface area (Å²) in [5.74, 6) is -0.973. The molecule has 130 valence electrons. The Bertz CT molecular complexity index is 750. The quantitative estimate of drug-likeness (QED) is 0.817. The molecule has 25 heavy (non-hydrogen) atoms. The molecular weight excluding hydrogens is 316 g/mol. The van der Waals surface area contributed by atoms with E-state index in [1.54, 1.807) is 24.5 Å². The molecule has 2 N–H and O–H groups in total. The lowest BCUT2D eigenvalue weighted by atomic mass is 10.2. The lowest BCUT2D eigenvalue weighted by molar-refractivity contribution is -0.131. The fourth-order valence-electron chi connectivity index (χ4n) is 2.79. The number of piperazine rings is 1. The highest BCUT2D eigenvalue weighted by molar-refractivity contribution is 5.87. The minimum absolute atomic E-state index is 0.771. The molecule has 1 aliphatic heterocycles. The van der Waals surface area contributed by atoms with Crippen LogP contribution < -0.4 is 10.2 Å². The van der Waals surface area contributed by atoms with Gasteiger partial charge in [-0.15, -0.1) is 0 Å². The van der Waals surface area contributed by atoms with E-state index in [4.69, 9.17) is 5.11 Å². The number of carboxylic acids is 1. The number of anilines is 3. The molecule has 1 fully saturated rings. The third kappa shape index (κ3) is 4.58. The summed E-state index contributed by atoms with van der Waals surface area (Å²) in [6.45, 7) is 4.23. The van der Waals surface area contributed by atoms with E-state index in [0.29, 0.717) is 0 Å². The van der Waals surface area contributed by atoms with Crippen molar-refractivity contribution in [2.75, 3.05) is 43.4 Å². The highest BCUT2D eigenvalue weighted by Crippen LogP contribution is 2.24. The van der Waals surface area contributed by atoms with Crippen LogP contribution in [0.5, 0.6) is 0 Å². The summed E-state index contributed by atoms with van der Waals surface area (Å²) in [7, 11) is 2.15. The number of pyridine rings is 1. The highest BCUT2D eigenvalue weighted by Gasteiger charge is 2.14. The molecule has 3 rings (SSSR count). The Morgan fingerprint density at radius 2 is 1.88 bits per heavy atom. The first-order valence-corrected chi connectivity index (χ1v) is 8.27. The monoisotopic (exact) mass is 338 g/mol. The lowest BCUT2D eigenvalue weighted by Crippen LogP contribution is -2.44. The van der Waals surface area contributed by atoms with Gasteiger partial charge < -0.3 is 20.2 Å². The van der Waals surface area contributed by atoms with Gasteiger partial charge >= 0.3 is 5.97 Å². The first kappa shape index (κ1) is 17.0. The molecule has 1 saturated heterocycles. The van der Waals surface area contributed by atoms with Crippen LogP contribution in [0.15, 0.2) is 48.8 Å². The van der Waals surface area contributed by atoms with Crippen LogP contribution >= 0.6 is 0 Å². The molecule has 0 radical (unpaired) electrons. The molecule has 0 unspecified atom stereocenters. The highest BCUT2D eigenvalue weighted by atomic mass is 16.4. The maximum atomic E-state index is 10.7. The van der Waals surface area contributed by atoms with Gasteiger partial charge in [-0.2, -0.15) is 0 Å². The number of aliphatic carboxylic acids is 1. The van der Waals surface area contributed by atoms with Gasteiger partial charge in [-0.3, -0.25) is 4.98 Å². The van der Waals surface area contributed by atoms with Crippen molar-refractivity contribution in [2.24, 2.45) is 0 Å². The number of nitrogens with zero attached hydrogens (tertiary/aromatic N) is 3. The molecule has 1 aromatic carbocycles. The number of likely N-dealkylation sites (N-methyl/N-ethyl adjacent to an activating group) is 1. The summed E-state index contributed by atoms with van der Waals surface area (Å²) in [5.41, 5.74) is 3.71. The largest absolute Gasteiger partial charge is 0.478 e. The Labute approximate surface area is 147 Å². The van der Waals surface area contributed by atoms with Gasteiger partial charge in [-0.05, 0) is 43.5 Å². The zero-order valence-electron chi connectivity index (χ0n) is 14.2. The maximum Gasteiger partial charge on any atom is 0.328 e. The van der Waals surface area contributed by atoms with Gasteiger partial charge in [0.05, 0.1) is 11.9 Å². The summed E-state index contributed by atoms with van der Waals surface area (Å²) in [5, 5.41) is 12.1. The fourth-order valence-corrected chi connectivity index (χ4v) is 2.79. The van der Waals surface area contributed by atoms with E-state index in [1.807, 2.05) is 12.1 Å². The van der Waals surface area contributed by atoms with Gasteiger partial charge in [0.2, 0.25) is 0 Å². The van der Waals surface area contributed by atoms with E-state index in [9.17, 15) is 4.79 Å². The number of carbonyl (C=O) groups is 1. The molecule has 1 aromatic heterocycles. The molecule has 0 amide bonds. The minimum atomic E-state index is -0.973. The van der Waals surface area contributed by atoms with Crippen LogP contribution in [-0.2, 0) is 4.79 Å². The molecule has 1 aliphatic rings. The maximum absolute atomic E-state index is 10.7. The minimum Gasteiger partial charge on any atom is -0.478 e. The van der Waals surface area contributed by atoms with Crippen molar-refractivity contribution in [3.8, 4) is 0 Å². The SMILES string of the molecule is CN1CCN(c2ccc(Nc3cnccc3/C=C/C(=O)O)cc2)CC1. The van der Waals surface area contributed by atoms with E-state index >= 15 is 0 Å². The van der Waals surface area contributed by atoms with E-state index in [0.717, 1.165) is 49.2 Å². The van der Waals surface area contributed by atoms with Gasteiger partial charge in [0.1, 0.15) is 0 Å². The third-order valence-electron chi connectivity index (χ3n) is 4.28. The second-order valence-corrected chi connectivity index (χ2v) is 6.10. The number of aromatic nitrogens is 1. The second kappa shape index (κ2) is 7.81. The molecule has 2 heterocycles. The van der Waals surface area contributed by atoms with Crippen molar-refractivity contribution < 1.29 is 9.90 Å². The molecule has 2 aromatic rings. The predicted octanol–water partition coefficient (Wildman–Crippen LogP) is 2.67. The Balaban J connectivity index is 1.71. The predicted molar refractivity (Wildman–Crippen MR) is 100 cm³/mol. The van der Waals surface area contributed by atoms with Crippen LogP contribution in [0.2, 0.25) is 0 Å². The fraction of sp³-hybridized carbons (Fsp3) is 0.263. The van der Waals surface area contributed by atoms with E-state index < -0.39 is 5.97 Å². The Hall–Kier alpha value is -2.86. The number of hydrogen-bond donors (Lipinski definition) is 2. The zero-order chi connectivity index (χ0) is 17.6. The van der Waals surface area contributed by atoms with Crippen LogP contribution in [-0.4, -0.2) is 54.2 Å². The average Bonchev–Trinajstić information content (AvgIpc) is 2.62. The first-order chi connectivity index (χ1) is 12.1. The number of nitrogens with one attached hydrogen (secondary N) is 1. The Morgan fingerprint density at radius 1 is 1.16 bits per heavy atom. The summed E-state index contributed by atoms with van der Waals surface area (Å²) in [6.07, 6.45) is 6.01. The van der Waals surface area contributed by atoms with Crippen molar-refractivity contribution in [2.45, 2.75) is 0 Å². The number of hydrogen-bond acceptors (Lipinski definition) is 5. The summed E-state index contributed by atoms with van der Waals surface area (Å²) in [6, 6.07) is 10.1.